The fourth-order valence-electron chi connectivity index (χ4n) is 1.63. The van der Waals surface area contributed by atoms with E-state index in [0.717, 1.165) is 11.3 Å². The number of urea groups is 1. The Morgan fingerprint density at radius 2 is 1.90 bits per heavy atom. The van der Waals surface area contributed by atoms with Crippen molar-refractivity contribution in [3.63, 3.8) is 0 Å². The maximum absolute atomic E-state index is 11.8. The summed E-state index contributed by atoms with van der Waals surface area (Å²) >= 11 is 0. The molecule has 3 amide bonds. The van der Waals surface area contributed by atoms with E-state index in [4.69, 9.17) is 4.74 Å². The summed E-state index contributed by atoms with van der Waals surface area (Å²) in [6.45, 7) is 2.36. The van der Waals surface area contributed by atoms with E-state index in [9.17, 15) is 9.59 Å². The third-order valence-corrected chi connectivity index (χ3v) is 3.10. The van der Waals surface area contributed by atoms with E-state index in [-0.39, 0.29) is 5.91 Å². The maximum Gasteiger partial charge on any atom is 0.321 e. The zero-order valence-electron chi connectivity index (χ0n) is 12.3. The quantitative estimate of drug-likeness (QED) is 0.842. The van der Waals surface area contributed by atoms with Gasteiger partial charge < -0.3 is 10.1 Å². The Kier molecular flexibility index (Phi) is 5.99. The number of benzene rings is 1. The van der Waals surface area contributed by atoms with Crippen LogP contribution in [-0.4, -0.2) is 44.1 Å². The van der Waals surface area contributed by atoms with Crippen molar-refractivity contribution >= 4 is 11.9 Å². The molecule has 0 heterocycles. The normalized spacial score (nSPS) is 11.8. The summed E-state index contributed by atoms with van der Waals surface area (Å²) in [5.41, 5.74) is 1.06. The fourth-order valence-corrected chi connectivity index (χ4v) is 1.63. The second kappa shape index (κ2) is 7.49. The highest BCUT2D eigenvalue weighted by atomic mass is 16.5. The van der Waals surface area contributed by atoms with E-state index in [0.29, 0.717) is 6.54 Å². The van der Waals surface area contributed by atoms with Gasteiger partial charge in [0.1, 0.15) is 5.75 Å². The van der Waals surface area contributed by atoms with E-state index in [2.05, 4.69) is 10.6 Å². The van der Waals surface area contributed by atoms with Gasteiger partial charge in [-0.1, -0.05) is 12.1 Å². The third kappa shape index (κ3) is 4.55. The Morgan fingerprint density at radius 3 is 2.40 bits per heavy atom. The first-order valence-corrected chi connectivity index (χ1v) is 6.33. The molecule has 0 radical (unpaired) electrons. The summed E-state index contributed by atoms with van der Waals surface area (Å²) in [5, 5.41) is 4.61. The second-order valence-corrected chi connectivity index (χ2v) is 4.51. The minimum absolute atomic E-state index is 0.333. The van der Waals surface area contributed by atoms with E-state index in [1.54, 1.807) is 14.0 Å². The van der Waals surface area contributed by atoms with Crippen molar-refractivity contribution in [3.8, 4) is 5.75 Å². The Labute approximate surface area is 119 Å². The van der Waals surface area contributed by atoms with Crippen molar-refractivity contribution in [1.29, 1.82) is 0 Å². The zero-order valence-corrected chi connectivity index (χ0v) is 12.3. The molecule has 1 atom stereocenters. The average Bonchev–Trinajstić information content (AvgIpc) is 2.46. The van der Waals surface area contributed by atoms with Gasteiger partial charge in [0.15, 0.2) is 0 Å². The number of hydrogen-bond donors (Lipinski definition) is 2. The maximum atomic E-state index is 11.8. The predicted molar refractivity (Wildman–Crippen MR) is 76.5 cm³/mol. The van der Waals surface area contributed by atoms with Gasteiger partial charge in [0, 0.05) is 13.6 Å². The molecular formula is C14H21N3O3. The number of carbonyl (C=O) groups is 2. The molecule has 6 heteroatoms. The number of hydrogen-bond acceptors (Lipinski definition) is 4. The molecule has 0 unspecified atom stereocenters. The molecule has 0 aliphatic rings. The lowest BCUT2D eigenvalue weighted by Gasteiger charge is -2.23. The van der Waals surface area contributed by atoms with Crippen LogP contribution in [0.1, 0.15) is 12.5 Å². The SMILES string of the molecule is CNC(=O)NC(=O)[C@H](C)N(C)Cc1ccc(OC)cc1. The van der Waals surface area contributed by atoms with Crippen LogP contribution in [0, 0.1) is 0 Å². The van der Waals surface area contributed by atoms with E-state index in [1.807, 2.05) is 36.2 Å². The molecular weight excluding hydrogens is 258 g/mol. The smallest absolute Gasteiger partial charge is 0.321 e. The Hall–Kier alpha value is -2.08. The van der Waals surface area contributed by atoms with Gasteiger partial charge in [-0.15, -0.1) is 0 Å². The van der Waals surface area contributed by atoms with Crippen LogP contribution >= 0.6 is 0 Å². The highest BCUT2D eigenvalue weighted by Gasteiger charge is 2.19. The van der Waals surface area contributed by atoms with Gasteiger partial charge in [0.2, 0.25) is 5.91 Å². The summed E-state index contributed by atoms with van der Waals surface area (Å²) < 4.78 is 5.09. The molecule has 0 bridgehead atoms. The van der Waals surface area contributed by atoms with Gasteiger partial charge in [0.25, 0.3) is 0 Å². The zero-order chi connectivity index (χ0) is 15.1. The largest absolute Gasteiger partial charge is 0.497 e. The molecule has 1 aromatic rings. The van der Waals surface area contributed by atoms with Gasteiger partial charge in [-0.05, 0) is 31.7 Å². The van der Waals surface area contributed by atoms with Crippen LogP contribution in [0.4, 0.5) is 4.79 Å². The number of likely N-dealkylation sites (N-methyl/N-ethyl adjacent to an activating group) is 1. The number of ether oxygens (including phenoxy) is 1. The van der Waals surface area contributed by atoms with Crippen LogP contribution in [0.3, 0.4) is 0 Å². The predicted octanol–water partition coefficient (Wildman–Crippen LogP) is 0.971. The third-order valence-electron chi connectivity index (χ3n) is 3.10. The van der Waals surface area contributed by atoms with Gasteiger partial charge in [-0.25, -0.2) is 4.79 Å². The minimum atomic E-state index is -0.500. The summed E-state index contributed by atoms with van der Waals surface area (Å²) in [4.78, 5) is 24.8. The number of nitrogens with zero attached hydrogens (tertiary/aromatic N) is 1. The Morgan fingerprint density at radius 1 is 1.30 bits per heavy atom. The molecule has 1 rings (SSSR count). The first-order chi connectivity index (χ1) is 9.47. The molecule has 0 saturated carbocycles. The Bertz CT molecular complexity index is 459. The van der Waals surface area contributed by atoms with Crippen LogP contribution in [-0.2, 0) is 11.3 Å². The van der Waals surface area contributed by atoms with Crippen LogP contribution in [0.5, 0.6) is 5.75 Å². The number of methoxy groups -OCH3 is 1. The molecule has 6 nitrogen and oxygen atoms in total. The monoisotopic (exact) mass is 279 g/mol. The summed E-state index contributed by atoms with van der Waals surface area (Å²) in [6.07, 6.45) is 0. The molecule has 0 aromatic heterocycles. The van der Waals surface area contributed by atoms with E-state index < -0.39 is 12.1 Å². The van der Waals surface area contributed by atoms with Gasteiger partial charge >= 0.3 is 6.03 Å². The number of rotatable bonds is 5. The lowest BCUT2D eigenvalue weighted by atomic mass is 10.2. The van der Waals surface area contributed by atoms with E-state index in [1.165, 1.54) is 7.05 Å². The average molecular weight is 279 g/mol. The first-order valence-electron chi connectivity index (χ1n) is 6.33. The van der Waals surface area contributed by atoms with E-state index >= 15 is 0 Å². The Balaban J connectivity index is 2.57. The molecule has 0 spiro atoms. The molecule has 20 heavy (non-hydrogen) atoms. The standard InChI is InChI=1S/C14H21N3O3/c1-10(13(18)16-14(19)15-2)17(3)9-11-5-7-12(20-4)8-6-11/h5-8,10H,9H2,1-4H3,(H2,15,16,18,19)/t10-/m0/s1. The van der Waals surface area contributed by atoms with Gasteiger partial charge in [-0.2, -0.15) is 0 Å². The number of nitrogens with one attached hydrogen (secondary N) is 2. The lowest BCUT2D eigenvalue weighted by Crippen LogP contribution is -2.47. The summed E-state index contributed by atoms with van der Waals surface area (Å²) in [5.74, 6) is 0.460. The molecule has 1 aromatic carbocycles. The van der Waals surface area contributed by atoms with Crippen LogP contribution in [0.2, 0.25) is 0 Å². The van der Waals surface area contributed by atoms with Crippen molar-refractivity contribution in [2.24, 2.45) is 0 Å². The minimum Gasteiger partial charge on any atom is -0.497 e. The molecule has 0 aliphatic heterocycles. The second-order valence-electron chi connectivity index (χ2n) is 4.51. The van der Waals surface area contributed by atoms with Crippen molar-refractivity contribution in [2.45, 2.75) is 19.5 Å². The van der Waals surface area contributed by atoms with Crippen molar-refractivity contribution in [1.82, 2.24) is 15.5 Å². The number of carbonyl (C=O) groups excluding carboxylic acids is 2. The molecule has 2 N–H and O–H groups in total. The van der Waals surface area contributed by atoms with Gasteiger partial charge in [-0.3, -0.25) is 15.0 Å². The highest BCUT2D eigenvalue weighted by Crippen LogP contribution is 2.13. The lowest BCUT2D eigenvalue weighted by molar-refractivity contribution is -0.124. The first kappa shape index (κ1) is 16.0. The van der Waals surface area contributed by atoms with Crippen LogP contribution in [0.25, 0.3) is 0 Å². The van der Waals surface area contributed by atoms with Crippen molar-refractivity contribution in [3.05, 3.63) is 29.8 Å². The highest BCUT2D eigenvalue weighted by molar-refractivity contribution is 5.96. The molecule has 110 valence electrons. The summed E-state index contributed by atoms with van der Waals surface area (Å²) in [7, 11) is 4.92. The number of amides is 3. The van der Waals surface area contributed by atoms with Crippen molar-refractivity contribution < 1.29 is 14.3 Å². The van der Waals surface area contributed by atoms with Crippen LogP contribution in [0.15, 0.2) is 24.3 Å². The van der Waals surface area contributed by atoms with Gasteiger partial charge in [0.05, 0.1) is 13.2 Å². The fraction of sp³-hybridized carbons (Fsp3) is 0.429. The topological polar surface area (TPSA) is 70.7 Å². The molecule has 0 fully saturated rings. The molecule has 0 aliphatic carbocycles. The number of imide groups is 1. The van der Waals surface area contributed by atoms with Crippen molar-refractivity contribution in [2.75, 3.05) is 21.2 Å². The summed E-state index contributed by atoms with van der Waals surface area (Å²) in [6, 6.07) is 6.72. The van der Waals surface area contributed by atoms with Crippen LogP contribution < -0.4 is 15.4 Å². The molecule has 0 saturated heterocycles.